The lowest BCUT2D eigenvalue weighted by molar-refractivity contribution is -0.137. The van der Waals surface area contributed by atoms with E-state index in [1.807, 2.05) is 19.1 Å². The van der Waals surface area contributed by atoms with Crippen LogP contribution in [0.3, 0.4) is 0 Å². The summed E-state index contributed by atoms with van der Waals surface area (Å²) in [6.45, 7) is 1.85. The number of carbonyl (C=O) groups is 1. The van der Waals surface area contributed by atoms with E-state index < -0.39 is 17.6 Å². The first-order valence-corrected chi connectivity index (χ1v) is 7.10. The number of rotatable bonds is 2. The van der Waals surface area contributed by atoms with Crippen LogP contribution >= 0.6 is 22.6 Å². The molecule has 0 spiro atoms. The molecule has 0 heterocycles. The van der Waals surface area contributed by atoms with Crippen LogP contribution in [0.2, 0.25) is 0 Å². The lowest BCUT2D eigenvalue weighted by Gasteiger charge is -2.10. The number of anilines is 1. The second-order valence-corrected chi connectivity index (χ2v) is 5.73. The number of halogens is 4. The smallest absolute Gasteiger partial charge is 0.322 e. The Hall–Kier alpha value is -1.57. The van der Waals surface area contributed by atoms with Gasteiger partial charge in [-0.15, -0.1) is 0 Å². The number of alkyl halides is 3. The Kier molecular flexibility index (Phi) is 4.55. The summed E-state index contributed by atoms with van der Waals surface area (Å²) in [5.74, 6) is -0.437. The highest BCUT2D eigenvalue weighted by molar-refractivity contribution is 14.1. The summed E-state index contributed by atoms with van der Waals surface area (Å²) in [6.07, 6.45) is -4.40. The molecule has 1 amide bonds. The van der Waals surface area contributed by atoms with Gasteiger partial charge < -0.3 is 5.32 Å². The predicted molar refractivity (Wildman–Crippen MR) is 83.3 cm³/mol. The molecule has 6 heteroatoms. The molecule has 0 aliphatic heterocycles. The molecule has 0 bridgehead atoms. The zero-order valence-corrected chi connectivity index (χ0v) is 13.1. The van der Waals surface area contributed by atoms with Crippen LogP contribution < -0.4 is 5.32 Å². The normalized spacial score (nSPS) is 11.3. The Morgan fingerprint density at radius 2 is 1.71 bits per heavy atom. The van der Waals surface area contributed by atoms with Gasteiger partial charge in [0.25, 0.3) is 5.91 Å². The number of aryl methyl sites for hydroxylation is 1. The van der Waals surface area contributed by atoms with Crippen molar-refractivity contribution in [3.8, 4) is 0 Å². The third kappa shape index (κ3) is 3.96. The van der Waals surface area contributed by atoms with Crippen molar-refractivity contribution in [3.63, 3.8) is 0 Å². The fraction of sp³-hybridized carbons (Fsp3) is 0.133. The van der Waals surface area contributed by atoms with E-state index in [2.05, 4.69) is 27.9 Å². The highest BCUT2D eigenvalue weighted by Gasteiger charge is 2.30. The third-order valence-electron chi connectivity index (χ3n) is 2.91. The Morgan fingerprint density at radius 1 is 1.10 bits per heavy atom. The van der Waals surface area contributed by atoms with Crippen molar-refractivity contribution in [2.24, 2.45) is 0 Å². The molecule has 0 saturated carbocycles. The predicted octanol–water partition coefficient (Wildman–Crippen LogP) is 4.87. The second kappa shape index (κ2) is 6.05. The molecule has 1 N–H and O–H groups in total. The molecule has 2 nitrogen and oxygen atoms in total. The number of nitrogens with one attached hydrogen (secondary N) is 1. The highest BCUT2D eigenvalue weighted by atomic mass is 127. The van der Waals surface area contributed by atoms with Crippen molar-refractivity contribution in [1.29, 1.82) is 0 Å². The summed E-state index contributed by atoms with van der Waals surface area (Å²) in [5, 5.41) is 2.69. The van der Waals surface area contributed by atoms with Crippen molar-refractivity contribution in [1.82, 2.24) is 0 Å². The fourth-order valence-corrected chi connectivity index (χ4v) is 2.42. The van der Waals surface area contributed by atoms with E-state index in [1.165, 1.54) is 12.1 Å². The molecule has 2 aromatic carbocycles. The van der Waals surface area contributed by atoms with Crippen LogP contribution in [0.4, 0.5) is 18.9 Å². The molecular weight excluding hydrogens is 394 g/mol. The minimum Gasteiger partial charge on any atom is -0.322 e. The summed E-state index contributed by atoms with van der Waals surface area (Å²) in [4.78, 5) is 12.0. The van der Waals surface area contributed by atoms with E-state index in [9.17, 15) is 18.0 Å². The lowest BCUT2D eigenvalue weighted by atomic mass is 10.1. The molecular formula is C15H11F3INO. The zero-order valence-electron chi connectivity index (χ0n) is 11.0. The van der Waals surface area contributed by atoms with Crippen LogP contribution in [0.1, 0.15) is 21.5 Å². The lowest BCUT2D eigenvalue weighted by Crippen LogP contribution is -2.13. The number of hydrogen-bond acceptors (Lipinski definition) is 1. The largest absolute Gasteiger partial charge is 0.416 e. The molecule has 2 rings (SSSR count). The van der Waals surface area contributed by atoms with Gasteiger partial charge in [-0.05, 0) is 77.5 Å². The number of amides is 1. The maximum absolute atomic E-state index is 12.5. The van der Waals surface area contributed by atoms with Crippen LogP contribution in [0.15, 0.2) is 42.5 Å². The van der Waals surface area contributed by atoms with Gasteiger partial charge in [0, 0.05) is 14.8 Å². The number of benzene rings is 2. The van der Waals surface area contributed by atoms with Gasteiger partial charge in [0.2, 0.25) is 0 Å². The number of hydrogen-bond donors (Lipinski definition) is 1. The monoisotopic (exact) mass is 405 g/mol. The molecule has 21 heavy (non-hydrogen) atoms. The maximum atomic E-state index is 12.5. The topological polar surface area (TPSA) is 29.1 Å². The standard InChI is InChI=1S/C15H11F3INO/c1-9-8-12(19)6-7-13(9)20-14(21)10-2-4-11(5-3-10)15(16,17)18/h2-8H,1H3,(H,20,21). The van der Waals surface area contributed by atoms with Gasteiger partial charge in [0.15, 0.2) is 0 Å². The molecule has 2 aromatic rings. The summed E-state index contributed by atoms with van der Waals surface area (Å²) in [6, 6.07) is 9.64. The zero-order chi connectivity index (χ0) is 15.6. The molecule has 0 aliphatic carbocycles. The van der Waals surface area contributed by atoms with Gasteiger partial charge >= 0.3 is 6.18 Å². The highest BCUT2D eigenvalue weighted by Crippen LogP contribution is 2.29. The average molecular weight is 405 g/mol. The Balaban J connectivity index is 2.17. The molecule has 0 unspecified atom stereocenters. The first kappa shape index (κ1) is 15.8. The first-order valence-electron chi connectivity index (χ1n) is 6.02. The van der Waals surface area contributed by atoms with Crippen LogP contribution in [0, 0.1) is 10.5 Å². The molecule has 0 radical (unpaired) electrons. The third-order valence-corrected chi connectivity index (χ3v) is 3.58. The molecule has 0 fully saturated rings. The van der Waals surface area contributed by atoms with E-state index in [-0.39, 0.29) is 5.56 Å². The van der Waals surface area contributed by atoms with Crippen LogP contribution in [-0.4, -0.2) is 5.91 Å². The summed E-state index contributed by atoms with van der Waals surface area (Å²) in [5.41, 5.74) is 0.938. The molecule has 110 valence electrons. The summed E-state index contributed by atoms with van der Waals surface area (Å²) in [7, 11) is 0. The van der Waals surface area contributed by atoms with E-state index in [0.717, 1.165) is 21.3 Å². The van der Waals surface area contributed by atoms with Crippen molar-refractivity contribution < 1.29 is 18.0 Å². The van der Waals surface area contributed by atoms with Gasteiger partial charge in [-0.2, -0.15) is 13.2 Å². The van der Waals surface area contributed by atoms with E-state index in [0.29, 0.717) is 5.69 Å². The Morgan fingerprint density at radius 3 is 2.24 bits per heavy atom. The van der Waals surface area contributed by atoms with Crippen molar-refractivity contribution in [3.05, 3.63) is 62.7 Å². The van der Waals surface area contributed by atoms with Crippen molar-refractivity contribution in [2.75, 3.05) is 5.32 Å². The van der Waals surface area contributed by atoms with Crippen LogP contribution in [-0.2, 0) is 6.18 Å². The minimum atomic E-state index is -4.40. The first-order chi connectivity index (χ1) is 9.77. The molecule has 0 aromatic heterocycles. The fourth-order valence-electron chi connectivity index (χ4n) is 1.77. The van der Waals surface area contributed by atoms with Crippen LogP contribution in [0.25, 0.3) is 0 Å². The van der Waals surface area contributed by atoms with E-state index in [4.69, 9.17) is 0 Å². The molecule has 0 atom stereocenters. The van der Waals surface area contributed by atoms with Gasteiger partial charge in [0.1, 0.15) is 0 Å². The van der Waals surface area contributed by atoms with Crippen molar-refractivity contribution in [2.45, 2.75) is 13.1 Å². The number of carbonyl (C=O) groups excluding carboxylic acids is 1. The van der Waals surface area contributed by atoms with E-state index >= 15 is 0 Å². The average Bonchev–Trinajstić information content (AvgIpc) is 2.41. The van der Waals surface area contributed by atoms with Crippen LogP contribution in [0.5, 0.6) is 0 Å². The molecule has 0 aliphatic rings. The maximum Gasteiger partial charge on any atom is 0.416 e. The Labute approximate surface area is 133 Å². The SMILES string of the molecule is Cc1cc(I)ccc1NC(=O)c1ccc(C(F)(F)F)cc1. The molecule has 0 saturated heterocycles. The second-order valence-electron chi connectivity index (χ2n) is 4.49. The summed E-state index contributed by atoms with van der Waals surface area (Å²) >= 11 is 2.16. The Bertz CT molecular complexity index is 666. The van der Waals surface area contributed by atoms with Gasteiger partial charge in [0.05, 0.1) is 5.56 Å². The minimum absolute atomic E-state index is 0.181. The van der Waals surface area contributed by atoms with Gasteiger partial charge in [-0.25, -0.2) is 0 Å². The van der Waals surface area contributed by atoms with Crippen molar-refractivity contribution >= 4 is 34.2 Å². The van der Waals surface area contributed by atoms with Gasteiger partial charge in [-0.3, -0.25) is 4.79 Å². The summed E-state index contributed by atoms with van der Waals surface area (Å²) < 4.78 is 38.4. The quantitative estimate of drug-likeness (QED) is 0.710. The van der Waals surface area contributed by atoms with E-state index in [1.54, 1.807) is 6.07 Å². The van der Waals surface area contributed by atoms with Gasteiger partial charge in [-0.1, -0.05) is 0 Å².